The van der Waals surface area contributed by atoms with Crippen LogP contribution in [0.5, 0.6) is 0 Å². The van der Waals surface area contributed by atoms with Crippen LogP contribution < -0.4 is 10.6 Å². The van der Waals surface area contributed by atoms with Gasteiger partial charge in [0.15, 0.2) is 0 Å². The highest BCUT2D eigenvalue weighted by molar-refractivity contribution is 5.93. The smallest absolute Gasteiger partial charge is 0.270 e. The number of aryl methyl sites for hydroxylation is 1. The van der Waals surface area contributed by atoms with Gasteiger partial charge in [0, 0.05) is 24.5 Å². The molecular weight excluding hydrogens is 262 g/mol. The van der Waals surface area contributed by atoms with E-state index in [1.807, 2.05) is 6.07 Å². The van der Waals surface area contributed by atoms with Crippen LogP contribution in [0.3, 0.4) is 0 Å². The lowest BCUT2D eigenvalue weighted by Gasteiger charge is -2.08. The number of rotatable bonds is 5. The van der Waals surface area contributed by atoms with E-state index in [9.17, 15) is 4.79 Å². The Hall–Kier alpha value is -2.36. The summed E-state index contributed by atoms with van der Waals surface area (Å²) in [4.78, 5) is 16.1. The van der Waals surface area contributed by atoms with E-state index in [1.54, 1.807) is 12.3 Å². The first-order valence-corrected chi connectivity index (χ1v) is 7.27. The number of nitrogens with zero attached hydrogens (tertiary/aromatic N) is 1. The van der Waals surface area contributed by atoms with Crippen LogP contribution in [-0.2, 0) is 6.54 Å². The molecule has 0 atom stereocenters. The van der Waals surface area contributed by atoms with E-state index in [1.165, 1.54) is 11.1 Å². The number of carbonyl (C=O) groups is 1. The first kappa shape index (κ1) is 13.6. The quantitative estimate of drug-likeness (QED) is 0.886. The molecule has 108 valence electrons. The maximum Gasteiger partial charge on any atom is 0.270 e. The number of pyridine rings is 1. The van der Waals surface area contributed by atoms with E-state index in [0.29, 0.717) is 11.7 Å². The second-order valence-corrected chi connectivity index (χ2v) is 5.52. The Morgan fingerprint density at radius 1 is 1.24 bits per heavy atom. The lowest BCUT2D eigenvalue weighted by atomic mass is 10.1. The Morgan fingerprint density at radius 3 is 2.71 bits per heavy atom. The van der Waals surface area contributed by atoms with Crippen molar-refractivity contribution in [2.24, 2.45) is 0 Å². The molecule has 2 N–H and O–H groups in total. The van der Waals surface area contributed by atoms with Crippen LogP contribution in [0.2, 0.25) is 0 Å². The normalized spacial score (nSPS) is 13.8. The SMILES string of the molecule is Cc1ccc(CNc2ccnc(C(=O)NC3CC3)c2)cc1. The number of carbonyl (C=O) groups excluding carboxylic acids is 1. The van der Waals surface area contributed by atoms with E-state index in [-0.39, 0.29) is 5.91 Å². The highest BCUT2D eigenvalue weighted by Gasteiger charge is 2.24. The van der Waals surface area contributed by atoms with E-state index in [2.05, 4.69) is 46.8 Å². The molecule has 1 aromatic heterocycles. The van der Waals surface area contributed by atoms with Gasteiger partial charge in [0.1, 0.15) is 5.69 Å². The molecule has 3 rings (SSSR count). The van der Waals surface area contributed by atoms with E-state index >= 15 is 0 Å². The van der Waals surface area contributed by atoms with E-state index < -0.39 is 0 Å². The topological polar surface area (TPSA) is 54.0 Å². The van der Waals surface area contributed by atoms with Crippen molar-refractivity contribution in [3.05, 3.63) is 59.4 Å². The van der Waals surface area contributed by atoms with Gasteiger partial charge in [-0.1, -0.05) is 29.8 Å². The first-order chi connectivity index (χ1) is 10.2. The molecule has 1 saturated carbocycles. The lowest BCUT2D eigenvalue weighted by molar-refractivity contribution is 0.0946. The molecule has 1 fully saturated rings. The van der Waals surface area contributed by atoms with Crippen molar-refractivity contribution in [1.29, 1.82) is 0 Å². The van der Waals surface area contributed by atoms with Gasteiger partial charge >= 0.3 is 0 Å². The predicted octanol–water partition coefficient (Wildman–Crippen LogP) is 2.89. The molecule has 4 heteroatoms. The zero-order chi connectivity index (χ0) is 14.7. The van der Waals surface area contributed by atoms with E-state index in [4.69, 9.17) is 0 Å². The van der Waals surface area contributed by atoms with Crippen LogP contribution in [0, 0.1) is 6.92 Å². The number of hydrogen-bond donors (Lipinski definition) is 2. The summed E-state index contributed by atoms with van der Waals surface area (Å²) in [5.41, 5.74) is 3.84. The van der Waals surface area contributed by atoms with Crippen molar-refractivity contribution in [2.75, 3.05) is 5.32 Å². The first-order valence-electron chi connectivity index (χ1n) is 7.27. The molecule has 1 aliphatic carbocycles. The van der Waals surface area contributed by atoms with Gasteiger partial charge in [-0.15, -0.1) is 0 Å². The highest BCUT2D eigenvalue weighted by atomic mass is 16.2. The Morgan fingerprint density at radius 2 is 2.00 bits per heavy atom. The van der Waals surface area contributed by atoms with Crippen LogP contribution in [0.1, 0.15) is 34.5 Å². The molecule has 4 nitrogen and oxygen atoms in total. The van der Waals surface area contributed by atoms with Gasteiger partial charge in [0.25, 0.3) is 5.91 Å². The molecule has 0 spiro atoms. The molecule has 0 unspecified atom stereocenters. The standard InChI is InChI=1S/C17H19N3O/c1-12-2-4-13(5-3-12)11-19-15-8-9-18-16(10-15)17(21)20-14-6-7-14/h2-5,8-10,14H,6-7,11H2,1H3,(H,18,19)(H,20,21). The van der Waals surface area contributed by atoms with Crippen LogP contribution in [0.15, 0.2) is 42.6 Å². The number of aromatic nitrogens is 1. The summed E-state index contributed by atoms with van der Waals surface area (Å²) in [6.07, 6.45) is 3.83. The maximum absolute atomic E-state index is 12.0. The fraction of sp³-hybridized carbons (Fsp3) is 0.294. The third-order valence-corrected chi connectivity index (χ3v) is 3.52. The number of amides is 1. The molecule has 21 heavy (non-hydrogen) atoms. The fourth-order valence-corrected chi connectivity index (χ4v) is 2.06. The largest absolute Gasteiger partial charge is 0.381 e. The predicted molar refractivity (Wildman–Crippen MR) is 83.2 cm³/mol. The number of nitrogens with one attached hydrogen (secondary N) is 2. The molecule has 1 aliphatic rings. The molecule has 2 aromatic rings. The Bertz CT molecular complexity index is 633. The Kier molecular flexibility index (Phi) is 3.86. The summed E-state index contributed by atoms with van der Waals surface area (Å²) in [5, 5.41) is 6.27. The summed E-state index contributed by atoms with van der Waals surface area (Å²) in [7, 11) is 0. The molecule has 1 amide bonds. The van der Waals surface area contributed by atoms with Crippen LogP contribution in [-0.4, -0.2) is 16.9 Å². The zero-order valence-electron chi connectivity index (χ0n) is 12.1. The fourth-order valence-electron chi connectivity index (χ4n) is 2.06. The highest BCUT2D eigenvalue weighted by Crippen LogP contribution is 2.19. The number of benzene rings is 1. The second kappa shape index (κ2) is 5.95. The molecule has 0 bridgehead atoms. The van der Waals surface area contributed by atoms with Gasteiger partial charge in [-0.3, -0.25) is 9.78 Å². The van der Waals surface area contributed by atoms with Gasteiger partial charge in [-0.2, -0.15) is 0 Å². The van der Waals surface area contributed by atoms with Gasteiger partial charge in [-0.25, -0.2) is 0 Å². The summed E-state index contributed by atoms with van der Waals surface area (Å²) in [6, 6.07) is 12.4. The maximum atomic E-state index is 12.0. The lowest BCUT2D eigenvalue weighted by Crippen LogP contribution is -2.26. The Labute approximate surface area is 124 Å². The molecular formula is C17H19N3O. The van der Waals surface area contributed by atoms with Gasteiger partial charge in [0.05, 0.1) is 0 Å². The van der Waals surface area contributed by atoms with Crippen molar-refractivity contribution in [3.63, 3.8) is 0 Å². The molecule has 0 aliphatic heterocycles. The van der Waals surface area contributed by atoms with Crippen molar-refractivity contribution >= 4 is 11.6 Å². The summed E-state index contributed by atoms with van der Waals surface area (Å²) >= 11 is 0. The second-order valence-electron chi connectivity index (χ2n) is 5.52. The van der Waals surface area contributed by atoms with Crippen LogP contribution in [0.4, 0.5) is 5.69 Å². The van der Waals surface area contributed by atoms with Crippen molar-refractivity contribution in [3.8, 4) is 0 Å². The molecule has 0 radical (unpaired) electrons. The monoisotopic (exact) mass is 281 g/mol. The van der Waals surface area contributed by atoms with Crippen molar-refractivity contribution in [2.45, 2.75) is 32.4 Å². The Balaban J connectivity index is 1.62. The third kappa shape index (κ3) is 3.81. The summed E-state index contributed by atoms with van der Waals surface area (Å²) < 4.78 is 0. The molecule has 1 aromatic carbocycles. The number of anilines is 1. The third-order valence-electron chi connectivity index (χ3n) is 3.52. The molecule has 0 saturated heterocycles. The van der Waals surface area contributed by atoms with Crippen LogP contribution >= 0.6 is 0 Å². The van der Waals surface area contributed by atoms with Crippen molar-refractivity contribution < 1.29 is 4.79 Å². The average Bonchev–Trinajstić information content (AvgIpc) is 3.31. The minimum atomic E-state index is -0.0866. The van der Waals surface area contributed by atoms with Crippen molar-refractivity contribution in [1.82, 2.24) is 10.3 Å². The molecule has 1 heterocycles. The van der Waals surface area contributed by atoms with Gasteiger partial charge < -0.3 is 10.6 Å². The zero-order valence-corrected chi connectivity index (χ0v) is 12.1. The summed E-state index contributed by atoms with van der Waals surface area (Å²) in [5.74, 6) is -0.0866. The van der Waals surface area contributed by atoms with Crippen LogP contribution in [0.25, 0.3) is 0 Å². The van der Waals surface area contributed by atoms with Gasteiger partial charge in [0.2, 0.25) is 0 Å². The number of hydrogen-bond acceptors (Lipinski definition) is 3. The minimum Gasteiger partial charge on any atom is -0.381 e. The van der Waals surface area contributed by atoms with E-state index in [0.717, 1.165) is 25.1 Å². The summed E-state index contributed by atoms with van der Waals surface area (Å²) in [6.45, 7) is 2.80. The minimum absolute atomic E-state index is 0.0866. The average molecular weight is 281 g/mol. The van der Waals surface area contributed by atoms with Gasteiger partial charge in [-0.05, 0) is 37.5 Å².